The Bertz CT molecular complexity index is 3.90. The Hall–Kier alpha value is 0.0900. The van der Waals surface area contributed by atoms with Gasteiger partial charge in [0.25, 0.3) is 0 Å². The molecular weight excluding hydrogens is 105 g/mol. The van der Waals surface area contributed by atoms with Crippen LogP contribution in [0.5, 0.6) is 0 Å². The van der Waals surface area contributed by atoms with Crippen molar-refractivity contribution in [3.05, 3.63) is 0 Å². The Morgan fingerprint density at radius 1 is 0.333 bits per heavy atom. The third kappa shape index (κ3) is 4820. The summed E-state index contributed by atoms with van der Waals surface area (Å²) in [5.74, 6) is 0. The Morgan fingerprint density at radius 3 is 0.333 bits per heavy atom. The standard InChI is InChI=1S/ClH.5H3N/h1H;5*1H3. The van der Waals surface area contributed by atoms with E-state index in [1.165, 1.54) is 0 Å². The molecule has 0 aliphatic rings. The molecule has 0 aliphatic carbocycles. The monoisotopic (exact) mass is 121 g/mol. The predicted molar refractivity (Wildman–Crippen MR) is 32.4 cm³/mol. The van der Waals surface area contributed by atoms with Crippen molar-refractivity contribution in [2.75, 3.05) is 0 Å². The summed E-state index contributed by atoms with van der Waals surface area (Å²) in [4.78, 5) is 0. The highest BCUT2D eigenvalue weighted by molar-refractivity contribution is 5.85. The fraction of sp³-hybridized carbons (Fsp3) is 0. The Labute approximate surface area is 44.2 Å². The number of halogens is 1. The largest absolute Gasteiger partial charge is 0.344 e. The fourth-order valence-electron chi connectivity index (χ4n) is 0. The molecule has 0 spiro atoms. The van der Waals surface area contributed by atoms with Crippen LogP contribution in [0.25, 0.3) is 0 Å². The van der Waals surface area contributed by atoms with E-state index in [1.54, 1.807) is 0 Å². The molecule has 0 aromatic carbocycles. The van der Waals surface area contributed by atoms with Crippen LogP contribution in [0.2, 0.25) is 0 Å². The average Bonchev–Trinajstić information content (AvgIpc) is 0. The maximum Gasteiger partial charge on any atom is -0.147 e. The van der Waals surface area contributed by atoms with E-state index in [0.29, 0.717) is 0 Å². The first kappa shape index (κ1) is 19500. The summed E-state index contributed by atoms with van der Waals surface area (Å²) in [7, 11) is 0. The summed E-state index contributed by atoms with van der Waals surface area (Å²) in [6.45, 7) is 0. The first-order valence-electron chi connectivity index (χ1n) is 0. The van der Waals surface area contributed by atoms with E-state index in [-0.39, 0.29) is 43.2 Å². The Balaban J connectivity index is 0. The van der Waals surface area contributed by atoms with Gasteiger partial charge in [-0.1, -0.05) is 0 Å². The van der Waals surface area contributed by atoms with Crippen LogP contribution in [0.3, 0.4) is 0 Å². The molecule has 0 bridgehead atoms. The van der Waals surface area contributed by atoms with E-state index in [9.17, 15) is 0 Å². The molecule has 6 heavy (non-hydrogen) atoms. The van der Waals surface area contributed by atoms with Gasteiger partial charge in [-0.2, -0.15) is 0 Å². The minimum atomic E-state index is 0. The zero-order valence-electron chi connectivity index (χ0n) is 3.94. The van der Waals surface area contributed by atoms with E-state index < -0.39 is 0 Å². The molecule has 0 saturated heterocycles. The maximum absolute atomic E-state index is 0. The summed E-state index contributed by atoms with van der Waals surface area (Å²) < 4.78 is 0. The van der Waals surface area contributed by atoms with Crippen LogP contribution in [0.15, 0.2) is 0 Å². The minimum Gasteiger partial charge on any atom is -0.344 e. The van der Waals surface area contributed by atoms with Gasteiger partial charge in [0.2, 0.25) is 0 Å². The Kier molecular flexibility index (Phi) is 34100000. The number of hydrogen-bond acceptors (Lipinski definition) is 5. The van der Waals surface area contributed by atoms with E-state index in [4.69, 9.17) is 0 Å². The van der Waals surface area contributed by atoms with Crippen molar-refractivity contribution in [3.8, 4) is 0 Å². The van der Waals surface area contributed by atoms with Gasteiger partial charge in [0.05, 0.1) is 0 Å². The molecule has 6 heteroatoms. The highest BCUT2D eigenvalue weighted by Crippen LogP contribution is 0.690. The lowest BCUT2D eigenvalue weighted by Gasteiger charge is -0.345. The topological polar surface area (TPSA) is 175 Å². The van der Waals surface area contributed by atoms with Crippen LogP contribution in [-0.4, -0.2) is 0 Å². The van der Waals surface area contributed by atoms with Crippen LogP contribution in [0, 0.1) is 0 Å². The van der Waals surface area contributed by atoms with Gasteiger partial charge in [-0.05, 0) is 0 Å². The number of rotatable bonds is 0. The molecule has 15 N–H and O–H groups in total. The van der Waals surface area contributed by atoms with Crippen molar-refractivity contribution in [3.63, 3.8) is 0 Å². The SMILES string of the molecule is Cl.N.N.N.N.N. The normalized spacial score (nSPS) is 0. The van der Waals surface area contributed by atoms with Crippen LogP contribution >= 0.6 is 12.4 Å². The molecular formula is H16ClN5. The van der Waals surface area contributed by atoms with Crippen molar-refractivity contribution >= 4 is 12.4 Å². The molecule has 0 saturated carbocycles. The summed E-state index contributed by atoms with van der Waals surface area (Å²) >= 11 is 0. The van der Waals surface area contributed by atoms with E-state index in [2.05, 4.69) is 0 Å². The number of hydrogen-bond donors (Lipinski definition) is 5. The van der Waals surface area contributed by atoms with E-state index in [0.717, 1.165) is 0 Å². The Morgan fingerprint density at radius 2 is 0.333 bits per heavy atom. The van der Waals surface area contributed by atoms with Gasteiger partial charge in [0, 0.05) is 0 Å². The van der Waals surface area contributed by atoms with Gasteiger partial charge in [-0.3, -0.25) is 0 Å². The second-order valence-electron chi connectivity index (χ2n) is 0. The molecule has 5 nitrogen and oxygen atoms in total. The molecule has 0 unspecified atom stereocenters. The molecule has 0 amide bonds. The highest BCUT2D eigenvalue weighted by atomic mass is 35.5. The quantitative estimate of drug-likeness (QED) is 0.323. The van der Waals surface area contributed by atoms with Gasteiger partial charge in [-0.25, -0.2) is 0 Å². The van der Waals surface area contributed by atoms with Crippen molar-refractivity contribution in [2.24, 2.45) is 0 Å². The fourth-order valence-corrected chi connectivity index (χ4v) is 0. The van der Waals surface area contributed by atoms with Gasteiger partial charge < -0.3 is 30.8 Å². The van der Waals surface area contributed by atoms with Crippen molar-refractivity contribution in [1.82, 2.24) is 30.8 Å². The molecule has 0 heterocycles. The predicted octanol–water partition coefficient (Wildman–Crippen LogP) is 1.23. The molecule has 0 atom stereocenters. The third-order valence-electron chi connectivity index (χ3n) is 0. The zero-order valence-corrected chi connectivity index (χ0v) is 4.76. The molecule has 0 aromatic heterocycles. The van der Waals surface area contributed by atoms with Gasteiger partial charge in [0.1, 0.15) is 0 Å². The van der Waals surface area contributed by atoms with Crippen LogP contribution in [0.1, 0.15) is 0 Å². The van der Waals surface area contributed by atoms with Crippen molar-refractivity contribution in [1.29, 1.82) is 0 Å². The van der Waals surface area contributed by atoms with Gasteiger partial charge in [0.15, 0.2) is 0 Å². The second kappa shape index (κ2) is 10500. The second-order valence-corrected chi connectivity index (χ2v) is 0. The van der Waals surface area contributed by atoms with Crippen molar-refractivity contribution in [2.45, 2.75) is 0 Å². The van der Waals surface area contributed by atoms with E-state index in [1.807, 2.05) is 0 Å². The minimum absolute atomic E-state index is 0. The molecule has 0 radical (unpaired) electrons. The lowest BCUT2D eigenvalue weighted by atomic mass is 14.0. The van der Waals surface area contributed by atoms with Gasteiger partial charge >= 0.3 is 0 Å². The smallest absolute Gasteiger partial charge is 0.147 e. The summed E-state index contributed by atoms with van der Waals surface area (Å²) in [5, 5.41) is 0. The molecule has 0 aliphatic heterocycles. The van der Waals surface area contributed by atoms with E-state index >= 15 is 0 Å². The first-order valence-corrected chi connectivity index (χ1v) is 0. The summed E-state index contributed by atoms with van der Waals surface area (Å²) in [6, 6.07) is 0. The lowest BCUT2D eigenvalue weighted by molar-refractivity contribution is 2.13. The van der Waals surface area contributed by atoms with Crippen LogP contribution < -0.4 is 30.8 Å². The lowest BCUT2D eigenvalue weighted by Crippen LogP contribution is -0.482. The summed E-state index contributed by atoms with van der Waals surface area (Å²) in [5.41, 5.74) is 0. The molecule has 0 fully saturated rings. The maximum atomic E-state index is 0. The first-order chi connectivity index (χ1) is 0. The molecule has 0 rings (SSSR count). The summed E-state index contributed by atoms with van der Waals surface area (Å²) in [6.07, 6.45) is 0. The van der Waals surface area contributed by atoms with Crippen molar-refractivity contribution < 1.29 is 0 Å². The van der Waals surface area contributed by atoms with Gasteiger partial charge in [-0.15, -0.1) is 12.4 Å². The highest BCUT2D eigenvalue weighted by Gasteiger charge is -0.147. The molecule has 0 aromatic rings. The average molecular weight is 122 g/mol. The third-order valence-corrected chi connectivity index (χ3v) is 0. The zero-order chi connectivity index (χ0) is 0. The van der Waals surface area contributed by atoms with Crippen LogP contribution in [0.4, 0.5) is 0 Å². The van der Waals surface area contributed by atoms with Crippen LogP contribution in [-0.2, 0) is 0 Å². The molecule has 48 valence electrons.